The second kappa shape index (κ2) is 8.22. The average molecular weight is 412 g/mol. The number of anilines is 1. The molecule has 0 aliphatic rings. The van der Waals surface area contributed by atoms with E-state index in [4.69, 9.17) is 9.88 Å². The molecule has 28 heavy (non-hydrogen) atoms. The third-order valence-electron chi connectivity index (χ3n) is 3.79. The standard InChI is InChI=1S/C19H16N4O3S2/c1-26-16-4-2-3-13(9-16)18-12-27-19(23-18)14(10-20)11-22-15-5-7-17(8-6-15)28(21,24)25/h2-9,11-12,22H,1H3,(H2,21,24,25). The zero-order chi connectivity index (χ0) is 20.1. The molecule has 0 amide bonds. The molecule has 7 nitrogen and oxygen atoms in total. The number of hydrogen-bond donors (Lipinski definition) is 2. The molecule has 2 aromatic carbocycles. The summed E-state index contributed by atoms with van der Waals surface area (Å²) in [6, 6.07) is 15.5. The first-order chi connectivity index (χ1) is 13.4. The molecule has 3 rings (SSSR count). The summed E-state index contributed by atoms with van der Waals surface area (Å²) in [5, 5.41) is 19.9. The Kier molecular flexibility index (Phi) is 5.75. The third-order valence-corrected chi connectivity index (χ3v) is 5.59. The molecule has 3 N–H and O–H groups in total. The van der Waals surface area contributed by atoms with E-state index in [-0.39, 0.29) is 4.90 Å². The first-order valence-electron chi connectivity index (χ1n) is 8.00. The second-order valence-electron chi connectivity index (χ2n) is 5.65. The highest BCUT2D eigenvalue weighted by molar-refractivity contribution is 7.89. The van der Waals surface area contributed by atoms with Crippen LogP contribution in [0.2, 0.25) is 0 Å². The van der Waals surface area contributed by atoms with Crippen LogP contribution < -0.4 is 15.2 Å². The molecule has 0 atom stereocenters. The smallest absolute Gasteiger partial charge is 0.238 e. The summed E-state index contributed by atoms with van der Waals surface area (Å²) in [7, 11) is -2.14. The summed E-state index contributed by atoms with van der Waals surface area (Å²) in [5.41, 5.74) is 2.61. The summed E-state index contributed by atoms with van der Waals surface area (Å²) in [6.07, 6.45) is 1.53. The van der Waals surface area contributed by atoms with E-state index < -0.39 is 10.0 Å². The van der Waals surface area contributed by atoms with Crippen LogP contribution in [0.5, 0.6) is 5.75 Å². The minimum absolute atomic E-state index is 0.0189. The number of nitriles is 1. The van der Waals surface area contributed by atoms with E-state index in [0.29, 0.717) is 16.3 Å². The maximum absolute atomic E-state index is 11.3. The lowest BCUT2D eigenvalue weighted by molar-refractivity contribution is 0.415. The number of ether oxygens (including phenoxy) is 1. The average Bonchev–Trinajstić information content (AvgIpc) is 3.18. The summed E-state index contributed by atoms with van der Waals surface area (Å²) in [5.74, 6) is 0.729. The quantitative estimate of drug-likeness (QED) is 0.599. The highest BCUT2D eigenvalue weighted by Gasteiger charge is 2.10. The SMILES string of the molecule is COc1cccc(-c2csc(C(C#N)=CNc3ccc(S(N)(=O)=O)cc3)n2)c1. The molecule has 0 unspecified atom stereocenters. The molecule has 1 aromatic heterocycles. The number of allylic oxidation sites excluding steroid dienone is 1. The molecule has 0 radical (unpaired) electrons. The number of methoxy groups -OCH3 is 1. The number of nitrogens with zero attached hydrogens (tertiary/aromatic N) is 2. The Balaban J connectivity index is 1.80. The van der Waals surface area contributed by atoms with Crippen LogP contribution in [-0.4, -0.2) is 20.5 Å². The van der Waals surface area contributed by atoms with Gasteiger partial charge in [0.05, 0.1) is 17.7 Å². The van der Waals surface area contributed by atoms with Crippen molar-refractivity contribution >= 4 is 32.6 Å². The fourth-order valence-electron chi connectivity index (χ4n) is 2.35. The van der Waals surface area contributed by atoms with E-state index in [9.17, 15) is 13.7 Å². The van der Waals surface area contributed by atoms with Gasteiger partial charge >= 0.3 is 0 Å². The molecule has 0 aliphatic heterocycles. The van der Waals surface area contributed by atoms with Gasteiger partial charge in [-0.05, 0) is 36.4 Å². The van der Waals surface area contributed by atoms with Crippen molar-refractivity contribution in [3.05, 3.63) is 65.1 Å². The molecule has 9 heteroatoms. The lowest BCUT2D eigenvalue weighted by Gasteiger charge is -2.03. The topological polar surface area (TPSA) is 118 Å². The number of primary sulfonamides is 1. The molecule has 0 saturated heterocycles. The molecule has 0 spiro atoms. The first-order valence-corrected chi connectivity index (χ1v) is 10.4. The van der Waals surface area contributed by atoms with Gasteiger partial charge in [-0.15, -0.1) is 11.3 Å². The van der Waals surface area contributed by atoms with Gasteiger partial charge in [0, 0.05) is 22.8 Å². The van der Waals surface area contributed by atoms with Crippen molar-refractivity contribution in [1.82, 2.24) is 4.98 Å². The van der Waals surface area contributed by atoms with Crippen LogP contribution in [0.3, 0.4) is 0 Å². The van der Waals surface area contributed by atoms with Gasteiger partial charge in [-0.3, -0.25) is 0 Å². The van der Waals surface area contributed by atoms with Gasteiger partial charge in [-0.1, -0.05) is 12.1 Å². The molecular weight excluding hydrogens is 396 g/mol. The summed E-state index contributed by atoms with van der Waals surface area (Å²) < 4.78 is 27.8. The maximum Gasteiger partial charge on any atom is 0.238 e. The van der Waals surface area contributed by atoms with Gasteiger partial charge in [-0.25, -0.2) is 18.5 Å². The number of sulfonamides is 1. The summed E-state index contributed by atoms with van der Waals surface area (Å²) in [4.78, 5) is 4.54. The van der Waals surface area contributed by atoms with E-state index in [1.807, 2.05) is 29.6 Å². The van der Waals surface area contributed by atoms with Crippen LogP contribution in [0, 0.1) is 11.3 Å². The van der Waals surface area contributed by atoms with Crippen molar-refractivity contribution in [3.8, 4) is 23.1 Å². The van der Waals surface area contributed by atoms with Crippen LogP contribution in [0.15, 0.2) is 65.0 Å². The van der Waals surface area contributed by atoms with E-state index in [2.05, 4.69) is 16.4 Å². The Bertz CT molecular complexity index is 1160. The van der Waals surface area contributed by atoms with Crippen LogP contribution in [0.25, 0.3) is 16.8 Å². The van der Waals surface area contributed by atoms with Gasteiger partial charge in [-0.2, -0.15) is 5.26 Å². The van der Waals surface area contributed by atoms with E-state index >= 15 is 0 Å². The number of thiazole rings is 1. The molecule has 0 bridgehead atoms. The molecule has 1 heterocycles. The highest BCUT2D eigenvalue weighted by atomic mass is 32.2. The molecule has 3 aromatic rings. The van der Waals surface area contributed by atoms with Crippen molar-refractivity contribution in [3.63, 3.8) is 0 Å². The molecular formula is C19H16N4O3S2. The fraction of sp³-hybridized carbons (Fsp3) is 0.0526. The highest BCUT2D eigenvalue weighted by Crippen LogP contribution is 2.28. The summed E-state index contributed by atoms with van der Waals surface area (Å²) in [6.45, 7) is 0. The Morgan fingerprint density at radius 2 is 2.04 bits per heavy atom. The minimum Gasteiger partial charge on any atom is -0.497 e. The Hall–Kier alpha value is -3.19. The fourth-order valence-corrected chi connectivity index (χ4v) is 3.66. The normalized spacial score (nSPS) is 11.7. The van der Waals surface area contributed by atoms with Gasteiger partial charge in [0.25, 0.3) is 0 Å². The van der Waals surface area contributed by atoms with Gasteiger partial charge in [0.1, 0.15) is 22.4 Å². The van der Waals surface area contributed by atoms with Gasteiger partial charge < -0.3 is 10.1 Å². The van der Waals surface area contributed by atoms with Crippen molar-refractivity contribution in [1.29, 1.82) is 5.26 Å². The number of aromatic nitrogens is 1. The van der Waals surface area contributed by atoms with Crippen molar-refractivity contribution < 1.29 is 13.2 Å². The van der Waals surface area contributed by atoms with E-state index in [1.165, 1.54) is 29.7 Å². The van der Waals surface area contributed by atoms with E-state index in [0.717, 1.165) is 17.0 Å². The van der Waals surface area contributed by atoms with Crippen molar-refractivity contribution in [2.24, 2.45) is 5.14 Å². The van der Waals surface area contributed by atoms with Crippen LogP contribution in [0.4, 0.5) is 5.69 Å². The zero-order valence-electron chi connectivity index (χ0n) is 14.8. The van der Waals surface area contributed by atoms with E-state index in [1.54, 1.807) is 19.2 Å². The maximum atomic E-state index is 11.3. The van der Waals surface area contributed by atoms with Crippen molar-refractivity contribution in [2.45, 2.75) is 4.90 Å². The lowest BCUT2D eigenvalue weighted by Crippen LogP contribution is -2.11. The molecule has 0 saturated carbocycles. The number of benzene rings is 2. The van der Waals surface area contributed by atoms with Crippen LogP contribution in [-0.2, 0) is 10.0 Å². The third kappa shape index (κ3) is 4.55. The predicted octanol–water partition coefficient (Wildman–Crippen LogP) is 3.44. The number of nitrogens with one attached hydrogen (secondary N) is 1. The zero-order valence-corrected chi connectivity index (χ0v) is 16.4. The number of rotatable bonds is 6. The largest absolute Gasteiger partial charge is 0.497 e. The minimum atomic E-state index is -3.74. The van der Waals surface area contributed by atoms with Gasteiger partial charge in [0.2, 0.25) is 10.0 Å². The van der Waals surface area contributed by atoms with Crippen LogP contribution in [0.1, 0.15) is 5.01 Å². The summed E-state index contributed by atoms with van der Waals surface area (Å²) >= 11 is 1.35. The lowest BCUT2D eigenvalue weighted by atomic mass is 10.1. The van der Waals surface area contributed by atoms with Crippen LogP contribution >= 0.6 is 11.3 Å². The Labute approximate surface area is 166 Å². The second-order valence-corrected chi connectivity index (χ2v) is 8.07. The predicted molar refractivity (Wildman–Crippen MR) is 109 cm³/mol. The molecule has 0 aliphatic carbocycles. The molecule has 0 fully saturated rings. The number of nitrogens with two attached hydrogens (primary N) is 1. The first kappa shape index (κ1) is 19.6. The Morgan fingerprint density at radius 3 is 2.68 bits per heavy atom. The Morgan fingerprint density at radius 1 is 1.29 bits per heavy atom. The van der Waals surface area contributed by atoms with Crippen molar-refractivity contribution in [2.75, 3.05) is 12.4 Å². The van der Waals surface area contributed by atoms with Gasteiger partial charge in [0.15, 0.2) is 0 Å². The monoisotopic (exact) mass is 412 g/mol. The molecule has 142 valence electrons. The number of hydrogen-bond acceptors (Lipinski definition) is 7.